The van der Waals surface area contributed by atoms with E-state index in [9.17, 15) is 9.59 Å². The van der Waals surface area contributed by atoms with Gasteiger partial charge in [-0.25, -0.2) is 0 Å². The van der Waals surface area contributed by atoms with Gasteiger partial charge in [-0.2, -0.15) is 0 Å². The van der Waals surface area contributed by atoms with Crippen molar-refractivity contribution < 1.29 is 14.7 Å². The second-order valence-electron chi connectivity index (χ2n) is 4.97. The van der Waals surface area contributed by atoms with Gasteiger partial charge in [0.2, 0.25) is 5.91 Å². The van der Waals surface area contributed by atoms with Crippen molar-refractivity contribution in [2.24, 2.45) is 11.7 Å². The van der Waals surface area contributed by atoms with Crippen molar-refractivity contribution in [3.05, 3.63) is 35.4 Å². The van der Waals surface area contributed by atoms with Gasteiger partial charge in [0.1, 0.15) is 6.04 Å². The van der Waals surface area contributed by atoms with Gasteiger partial charge in [0.25, 0.3) is 0 Å². The Kier molecular flexibility index (Phi) is 5.51. The molecule has 0 saturated carbocycles. The quantitative estimate of drug-likeness (QED) is 0.693. The van der Waals surface area contributed by atoms with Crippen LogP contribution in [-0.2, 0) is 11.3 Å². The monoisotopic (exact) mass is 264 g/mol. The van der Waals surface area contributed by atoms with Gasteiger partial charge in [0.05, 0.1) is 0 Å². The maximum absolute atomic E-state index is 11.1. The molecule has 5 nitrogen and oxygen atoms in total. The maximum atomic E-state index is 11.1. The minimum absolute atomic E-state index is 0.297. The fourth-order valence-electron chi connectivity index (χ4n) is 1.82. The predicted octanol–water partition coefficient (Wildman–Crippen LogP) is 1.37. The highest BCUT2D eigenvalue weighted by atomic mass is 16.4. The molecule has 0 bridgehead atoms. The maximum Gasteiger partial charge on any atom is 0.320 e. The van der Waals surface area contributed by atoms with Crippen molar-refractivity contribution in [1.82, 2.24) is 5.32 Å². The number of amides is 1. The molecule has 0 saturated heterocycles. The number of primary amides is 1. The summed E-state index contributed by atoms with van der Waals surface area (Å²) in [6, 6.07) is 6.28. The highest BCUT2D eigenvalue weighted by Gasteiger charge is 2.17. The van der Waals surface area contributed by atoms with E-state index in [1.807, 2.05) is 19.9 Å². The summed E-state index contributed by atoms with van der Waals surface area (Å²) in [5.74, 6) is -1.05. The molecular formula is C14H20N2O3. The number of carboxylic acids is 1. The number of hydrogen-bond acceptors (Lipinski definition) is 3. The molecule has 0 aliphatic carbocycles. The van der Waals surface area contributed by atoms with Crippen LogP contribution in [0, 0.1) is 5.92 Å². The van der Waals surface area contributed by atoms with Crippen LogP contribution in [0.15, 0.2) is 24.3 Å². The molecule has 1 unspecified atom stereocenters. The van der Waals surface area contributed by atoms with E-state index in [0.717, 1.165) is 5.56 Å². The number of aliphatic carboxylic acids is 1. The molecule has 1 atom stereocenters. The normalized spacial score (nSPS) is 12.4. The molecule has 0 aromatic heterocycles. The lowest BCUT2D eigenvalue weighted by Gasteiger charge is -2.16. The zero-order valence-corrected chi connectivity index (χ0v) is 11.2. The molecule has 1 aromatic carbocycles. The molecule has 0 aliphatic rings. The number of carboxylic acid groups (broad SMARTS) is 1. The number of benzene rings is 1. The zero-order chi connectivity index (χ0) is 14.4. The lowest BCUT2D eigenvalue weighted by atomic mass is 10.0. The number of hydrogen-bond donors (Lipinski definition) is 3. The summed E-state index contributed by atoms with van der Waals surface area (Å²) in [5.41, 5.74) is 6.46. The fraction of sp³-hybridized carbons (Fsp3) is 0.429. The van der Waals surface area contributed by atoms with Gasteiger partial charge in [-0.3, -0.25) is 9.59 Å². The molecule has 0 fully saturated rings. The second kappa shape index (κ2) is 6.89. The van der Waals surface area contributed by atoms with Crippen molar-refractivity contribution >= 4 is 11.9 Å². The summed E-state index contributed by atoms with van der Waals surface area (Å²) in [7, 11) is 0. The van der Waals surface area contributed by atoms with Crippen molar-refractivity contribution in [3.63, 3.8) is 0 Å². The molecule has 0 aliphatic heterocycles. The van der Waals surface area contributed by atoms with Crippen LogP contribution in [0.5, 0.6) is 0 Å². The molecular weight excluding hydrogens is 244 g/mol. The first-order chi connectivity index (χ1) is 8.90. The van der Waals surface area contributed by atoms with E-state index in [1.54, 1.807) is 18.2 Å². The van der Waals surface area contributed by atoms with E-state index in [0.29, 0.717) is 24.4 Å². The van der Waals surface area contributed by atoms with E-state index < -0.39 is 17.9 Å². The van der Waals surface area contributed by atoms with Crippen molar-refractivity contribution in [3.8, 4) is 0 Å². The van der Waals surface area contributed by atoms with Crippen LogP contribution in [0.4, 0.5) is 0 Å². The number of carbonyl (C=O) groups excluding carboxylic acids is 1. The Morgan fingerprint density at radius 3 is 2.58 bits per heavy atom. The average molecular weight is 264 g/mol. The van der Waals surface area contributed by atoms with E-state index in [1.165, 1.54) is 0 Å². The molecule has 1 aromatic rings. The lowest BCUT2D eigenvalue weighted by Crippen LogP contribution is -2.37. The van der Waals surface area contributed by atoms with Crippen LogP contribution in [-0.4, -0.2) is 23.0 Å². The summed E-state index contributed by atoms with van der Waals surface area (Å²) in [5, 5.41) is 12.1. The summed E-state index contributed by atoms with van der Waals surface area (Å²) in [4.78, 5) is 22.1. The summed E-state index contributed by atoms with van der Waals surface area (Å²) in [6.45, 7) is 4.35. The first-order valence-corrected chi connectivity index (χ1v) is 6.25. The van der Waals surface area contributed by atoms with Crippen LogP contribution >= 0.6 is 0 Å². The zero-order valence-electron chi connectivity index (χ0n) is 11.2. The van der Waals surface area contributed by atoms with Gasteiger partial charge in [0.15, 0.2) is 0 Å². The highest BCUT2D eigenvalue weighted by molar-refractivity contribution is 5.92. The Hall–Kier alpha value is -1.88. The van der Waals surface area contributed by atoms with Crippen LogP contribution in [0.3, 0.4) is 0 Å². The van der Waals surface area contributed by atoms with Gasteiger partial charge in [0, 0.05) is 12.1 Å². The first-order valence-electron chi connectivity index (χ1n) is 6.25. The van der Waals surface area contributed by atoms with Crippen LogP contribution in [0.2, 0.25) is 0 Å². The van der Waals surface area contributed by atoms with E-state index in [-0.39, 0.29) is 0 Å². The van der Waals surface area contributed by atoms with E-state index in [2.05, 4.69) is 5.32 Å². The Balaban J connectivity index is 2.66. The molecule has 5 heteroatoms. The predicted molar refractivity (Wildman–Crippen MR) is 72.7 cm³/mol. The van der Waals surface area contributed by atoms with Gasteiger partial charge >= 0.3 is 5.97 Å². The summed E-state index contributed by atoms with van der Waals surface area (Å²) in [6.07, 6.45) is 0.560. The third-order valence-electron chi connectivity index (χ3n) is 2.77. The molecule has 0 heterocycles. The van der Waals surface area contributed by atoms with Crippen molar-refractivity contribution in [2.75, 3.05) is 0 Å². The smallest absolute Gasteiger partial charge is 0.320 e. The lowest BCUT2D eigenvalue weighted by molar-refractivity contribution is -0.140. The molecule has 1 rings (SSSR count). The van der Waals surface area contributed by atoms with Gasteiger partial charge in [-0.05, 0) is 30.0 Å². The standard InChI is InChI=1S/C14H20N2O3/c1-9(2)6-12(14(18)19)16-8-10-4-3-5-11(7-10)13(15)17/h3-5,7,9,12,16H,6,8H2,1-2H3,(H2,15,17)(H,18,19). The van der Waals surface area contributed by atoms with Crippen LogP contribution < -0.4 is 11.1 Å². The second-order valence-corrected chi connectivity index (χ2v) is 4.97. The molecule has 0 spiro atoms. The molecule has 0 radical (unpaired) electrons. The van der Waals surface area contributed by atoms with E-state index in [4.69, 9.17) is 10.8 Å². The molecule has 104 valence electrons. The molecule has 19 heavy (non-hydrogen) atoms. The molecule has 1 amide bonds. The van der Waals surface area contributed by atoms with Gasteiger partial charge < -0.3 is 16.2 Å². The minimum atomic E-state index is -0.861. The average Bonchev–Trinajstić information content (AvgIpc) is 2.34. The Morgan fingerprint density at radius 1 is 1.37 bits per heavy atom. The third-order valence-corrected chi connectivity index (χ3v) is 2.77. The van der Waals surface area contributed by atoms with Crippen LogP contribution in [0.25, 0.3) is 0 Å². The third kappa shape index (κ3) is 5.09. The first kappa shape index (κ1) is 15.2. The minimum Gasteiger partial charge on any atom is -0.480 e. The van der Waals surface area contributed by atoms with Crippen molar-refractivity contribution in [1.29, 1.82) is 0 Å². The van der Waals surface area contributed by atoms with Crippen molar-refractivity contribution in [2.45, 2.75) is 32.9 Å². The Morgan fingerprint density at radius 2 is 2.05 bits per heavy atom. The topological polar surface area (TPSA) is 92.4 Å². The number of nitrogens with one attached hydrogen (secondary N) is 1. The summed E-state index contributed by atoms with van der Waals surface area (Å²) < 4.78 is 0. The van der Waals surface area contributed by atoms with E-state index >= 15 is 0 Å². The SMILES string of the molecule is CC(C)CC(NCc1cccc(C(N)=O)c1)C(=O)O. The van der Waals surface area contributed by atoms with Gasteiger partial charge in [-0.1, -0.05) is 26.0 Å². The highest BCUT2D eigenvalue weighted by Crippen LogP contribution is 2.08. The Bertz CT molecular complexity index is 458. The van der Waals surface area contributed by atoms with Crippen LogP contribution in [0.1, 0.15) is 36.2 Å². The largest absolute Gasteiger partial charge is 0.480 e. The number of carbonyl (C=O) groups is 2. The summed E-state index contributed by atoms with van der Waals surface area (Å²) >= 11 is 0. The number of nitrogens with two attached hydrogens (primary N) is 1. The van der Waals surface area contributed by atoms with Gasteiger partial charge in [-0.15, -0.1) is 0 Å². The fourth-order valence-corrected chi connectivity index (χ4v) is 1.82. The number of rotatable bonds is 7. The molecule has 4 N–H and O–H groups in total. The Labute approximate surface area is 112 Å².